The lowest BCUT2D eigenvalue weighted by atomic mass is 10.1. The van der Waals surface area contributed by atoms with Gasteiger partial charge in [-0.05, 0) is 19.9 Å². The van der Waals surface area contributed by atoms with E-state index in [1.807, 2.05) is 19.9 Å². The Balaban J connectivity index is 1.77. The van der Waals surface area contributed by atoms with Gasteiger partial charge in [0, 0.05) is 41.1 Å². The molecule has 0 aliphatic carbocycles. The number of hydrogen-bond donors (Lipinski definition) is 2. The van der Waals surface area contributed by atoms with Crippen molar-refractivity contribution in [3.8, 4) is 23.1 Å². The quantitative estimate of drug-likeness (QED) is 0.492. The normalized spacial score (nSPS) is 11.0. The second kappa shape index (κ2) is 7.59. The predicted molar refractivity (Wildman–Crippen MR) is 107 cm³/mol. The summed E-state index contributed by atoms with van der Waals surface area (Å²) in [5.74, 6) is -0.467. The molecule has 11 nitrogen and oxygen atoms in total. The van der Waals surface area contributed by atoms with Crippen LogP contribution >= 0.6 is 0 Å². The zero-order chi connectivity index (χ0) is 21.3. The van der Waals surface area contributed by atoms with Gasteiger partial charge >= 0.3 is 5.97 Å². The highest BCUT2D eigenvalue weighted by Gasteiger charge is 2.16. The molecule has 30 heavy (non-hydrogen) atoms. The summed E-state index contributed by atoms with van der Waals surface area (Å²) in [5.41, 5.74) is 2.96. The van der Waals surface area contributed by atoms with E-state index in [1.54, 1.807) is 29.3 Å². The Labute approximate surface area is 170 Å². The summed E-state index contributed by atoms with van der Waals surface area (Å²) < 4.78 is 2.84. The lowest BCUT2D eigenvalue weighted by Gasteiger charge is -2.14. The smallest absolute Gasteiger partial charge is 0.325 e. The zero-order valence-electron chi connectivity index (χ0n) is 16.2. The first-order valence-corrected chi connectivity index (χ1v) is 9.07. The standard InChI is InChI=1S/C19H17N9O2/c1-11(2)24-15-4-17(28-19-13(7-23-28)3-12(5-20)6-22-19)21-8-14(15)16-9-27(26-25-16)10-18(29)30/h3-4,6-9,11H,10H2,1-2H3,(H,21,24)(H,29,30). The number of pyridine rings is 2. The van der Waals surface area contributed by atoms with Gasteiger partial charge in [0.25, 0.3) is 0 Å². The molecule has 0 aliphatic rings. The van der Waals surface area contributed by atoms with Crippen LogP contribution in [0, 0.1) is 11.3 Å². The minimum atomic E-state index is -1.00. The molecule has 4 aromatic rings. The largest absolute Gasteiger partial charge is 0.480 e. The fourth-order valence-electron chi connectivity index (χ4n) is 2.98. The van der Waals surface area contributed by atoms with Crippen LogP contribution in [0.25, 0.3) is 28.1 Å². The van der Waals surface area contributed by atoms with Gasteiger partial charge in [0.05, 0.1) is 18.0 Å². The van der Waals surface area contributed by atoms with Gasteiger partial charge in [0.1, 0.15) is 18.3 Å². The molecule has 0 atom stereocenters. The SMILES string of the molecule is CC(C)Nc1cc(-n2ncc3cc(C#N)cnc32)ncc1-c1cn(CC(=O)O)nn1. The number of aliphatic carboxylic acids is 1. The number of fused-ring (bicyclic) bond motifs is 1. The average Bonchev–Trinajstić information content (AvgIpc) is 3.33. The molecule has 0 spiro atoms. The van der Waals surface area contributed by atoms with E-state index in [0.717, 1.165) is 11.1 Å². The monoisotopic (exact) mass is 403 g/mol. The fourth-order valence-corrected chi connectivity index (χ4v) is 2.98. The number of hydrogen-bond acceptors (Lipinski definition) is 8. The third-order valence-corrected chi connectivity index (χ3v) is 4.20. The Hall–Kier alpha value is -4.33. The van der Waals surface area contributed by atoms with Gasteiger partial charge in [-0.1, -0.05) is 5.21 Å². The van der Waals surface area contributed by atoms with Crippen molar-refractivity contribution in [1.29, 1.82) is 5.26 Å². The molecule has 0 saturated carbocycles. The number of aromatic nitrogens is 7. The van der Waals surface area contributed by atoms with E-state index in [1.165, 1.54) is 10.9 Å². The average molecular weight is 403 g/mol. The van der Waals surface area contributed by atoms with Crippen LogP contribution in [0.3, 0.4) is 0 Å². The summed E-state index contributed by atoms with van der Waals surface area (Å²) in [6.07, 6.45) is 6.31. The molecule has 0 aliphatic heterocycles. The van der Waals surface area contributed by atoms with Crippen molar-refractivity contribution in [3.05, 3.63) is 42.5 Å². The minimum Gasteiger partial charge on any atom is -0.480 e. The van der Waals surface area contributed by atoms with Gasteiger partial charge in [-0.3, -0.25) is 4.79 Å². The van der Waals surface area contributed by atoms with E-state index >= 15 is 0 Å². The predicted octanol–water partition coefficient (Wildman–Crippen LogP) is 1.85. The Kier molecular flexibility index (Phi) is 4.81. The maximum absolute atomic E-state index is 10.9. The van der Waals surface area contributed by atoms with Crippen molar-refractivity contribution in [2.45, 2.75) is 26.4 Å². The first-order valence-electron chi connectivity index (χ1n) is 9.07. The third-order valence-electron chi connectivity index (χ3n) is 4.20. The third kappa shape index (κ3) is 3.66. The van der Waals surface area contributed by atoms with E-state index in [0.29, 0.717) is 28.3 Å². The highest BCUT2D eigenvalue weighted by atomic mass is 16.4. The fraction of sp³-hybridized carbons (Fsp3) is 0.211. The van der Waals surface area contributed by atoms with E-state index in [-0.39, 0.29) is 12.6 Å². The molecule has 0 fully saturated rings. The van der Waals surface area contributed by atoms with Crippen molar-refractivity contribution in [2.24, 2.45) is 0 Å². The van der Waals surface area contributed by atoms with Crippen molar-refractivity contribution in [3.63, 3.8) is 0 Å². The van der Waals surface area contributed by atoms with Crippen LogP contribution in [0.4, 0.5) is 5.69 Å². The second-order valence-electron chi connectivity index (χ2n) is 6.89. The summed E-state index contributed by atoms with van der Waals surface area (Å²) in [6, 6.07) is 5.72. The molecule has 4 aromatic heterocycles. The summed E-state index contributed by atoms with van der Waals surface area (Å²) in [7, 11) is 0. The molecule has 2 N–H and O–H groups in total. The zero-order valence-corrected chi connectivity index (χ0v) is 16.2. The molecule has 4 heterocycles. The van der Waals surface area contributed by atoms with Crippen LogP contribution in [0.15, 0.2) is 36.9 Å². The first-order chi connectivity index (χ1) is 14.4. The minimum absolute atomic E-state index is 0.124. The highest BCUT2D eigenvalue weighted by Crippen LogP contribution is 2.28. The summed E-state index contributed by atoms with van der Waals surface area (Å²) in [4.78, 5) is 19.7. The number of carboxylic acid groups (broad SMARTS) is 1. The number of anilines is 1. The van der Waals surface area contributed by atoms with Crippen LogP contribution in [0.2, 0.25) is 0 Å². The highest BCUT2D eigenvalue weighted by molar-refractivity contribution is 5.79. The molecule has 0 unspecified atom stereocenters. The van der Waals surface area contributed by atoms with E-state index in [4.69, 9.17) is 10.4 Å². The van der Waals surface area contributed by atoms with Crippen molar-refractivity contribution < 1.29 is 9.90 Å². The van der Waals surface area contributed by atoms with Crippen LogP contribution in [-0.4, -0.2) is 51.9 Å². The Morgan fingerprint density at radius 2 is 2.10 bits per heavy atom. The van der Waals surface area contributed by atoms with Crippen molar-refractivity contribution in [1.82, 2.24) is 34.7 Å². The molecular formula is C19H17N9O2. The summed E-state index contributed by atoms with van der Waals surface area (Å²) >= 11 is 0. The van der Waals surface area contributed by atoms with Gasteiger partial charge in [0.15, 0.2) is 11.5 Å². The maximum atomic E-state index is 10.9. The molecule has 0 bridgehead atoms. The molecule has 0 saturated heterocycles. The van der Waals surface area contributed by atoms with Crippen molar-refractivity contribution in [2.75, 3.05) is 5.32 Å². The molecule has 0 amide bonds. The number of carboxylic acids is 1. The van der Waals surface area contributed by atoms with Crippen LogP contribution in [0.5, 0.6) is 0 Å². The Morgan fingerprint density at radius 1 is 1.27 bits per heavy atom. The molecule has 11 heteroatoms. The van der Waals surface area contributed by atoms with E-state index in [9.17, 15) is 4.79 Å². The molecule has 4 rings (SSSR count). The number of carbonyl (C=O) groups is 1. The maximum Gasteiger partial charge on any atom is 0.325 e. The topological polar surface area (TPSA) is 147 Å². The molecule has 0 radical (unpaired) electrons. The van der Waals surface area contributed by atoms with Crippen LogP contribution < -0.4 is 5.32 Å². The molecule has 0 aromatic carbocycles. The first kappa shape index (κ1) is 19.0. The molecular weight excluding hydrogens is 386 g/mol. The Morgan fingerprint density at radius 3 is 2.83 bits per heavy atom. The van der Waals surface area contributed by atoms with Crippen LogP contribution in [0.1, 0.15) is 19.4 Å². The van der Waals surface area contributed by atoms with Crippen LogP contribution in [-0.2, 0) is 11.3 Å². The van der Waals surface area contributed by atoms with Crippen molar-refractivity contribution >= 4 is 22.7 Å². The Bertz CT molecular complexity index is 1280. The number of nitrogens with zero attached hydrogens (tertiary/aromatic N) is 8. The van der Waals surface area contributed by atoms with Gasteiger partial charge in [-0.25, -0.2) is 14.6 Å². The van der Waals surface area contributed by atoms with Gasteiger partial charge in [0.2, 0.25) is 0 Å². The summed E-state index contributed by atoms with van der Waals surface area (Å²) in [6.45, 7) is 3.72. The van der Waals surface area contributed by atoms with Gasteiger partial charge in [-0.2, -0.15) is 15.0 Å². The van der Waals surface area contributed by atoms with E-state index in [2.05, 4.69) is 36.8 Å². The summed E-state index contributed by atoms with van der Waals surface area (Å²) in [5, 5.41) is 34.4. The number of nitriles is 1. The lowest BCUT2D eigenvalue weighted by molar-refractivity contribution is -0.137. The van der Waals surface area contributed by atoms with E-state index < -0.39 is 5.97 Å². The van der Waals surface area contributed by atoms with Gasteiger partial charge in [-0.15, -0.1) is 5.10 Å². The second-order valence-corrected chi connectivity index (χ2v) is 6.89. The molecule has 150 valence electrons. The number of rotatable bonds is 6. The van der Waals surface area contributed by atoms with Gasteiger partial charge < -0.3 is 10.4 Å². The lowest BCUT2D eigenvalue weighted by Crippen LogP contribution is -2.12. The number of nitrogens with one attached hydrogen (secondary N) is 1.